The number of nitrogens with one attached hydrogen (secondary N) is 2. The second kappa shape index (κ2) is 10.2. The lowest BCUT2D eigenvalue weighted by molar-refractivity contribution is 0.0951. The van der Waals surface area contributed by atoms with Crippen LogP contribution in [-0.4, -0.2) is 20.9 Å². The Morgan fingerprint density at radius 1 is 0.919 bits per heavy atom. The van der Waals surface area contributed by atoms with Gasteiger partial charge in [0.1, 0.15) is 18.0 Å². The van der Waals surface area contributed by atoms with Crippen LogP contribution in [0.15, 0.2) is 67.1 Å². The number of nitrogen functional groups attached to an aromatic ring is 2. The molecule has 3 heterocycles. The molecule has 0 aliphatic rings. The third-order valence-electron chi connectivity index (χ3n) is 5.63. The van der Waals surface area contributed by atoms with E-state index in [1.165, 1.54) is 24.7 Å². The van der Waals surface area contributed by atoms with E-state index in [-0.39, 0.29) is 12.1 Å². The number of aromatic nitrogens is 3. The summed E-state index contributed by atoms with van der Waals surface area (Å²) in [5.41, 5.74) is 14.6. The summed E-state index contributed by atoms with van der Waals surface area (Å²) >= 11 is 1.58. The number of hydrogen-bond acceptors (Lipinski definition) is 8. The molecule has 37 heavy (non-hydrogen) atoms. The molecule has 0 aliphatic carbocycles. The number of carbonyl (C=O) groups is 1. The second-order valence-electron chi connectivity index (χ2n) is 8.21. The zero-order chi connectivity index (χ0) is 25.9. The Labute approximate surface area is 214 Å². The highest BCUT2D eigenvalue weighted by Gasteiger charge is 2.15. The molecule has 5 rings (SSSR count). The smallest absolute Gasteiger partial charge is 0.255 e. The van der Waals surface area contributed by atoms with Gasteiger partial charge in [0.2, 0.25) is 0 Å². The number of hydrogen-bond donors (Lipinski definition) is 4. The van der Waals surface area contributed by atoms with E-state index in [1.807, 2.05) is 30.3 Å². The van der Waals surface area contributed by atoms with E-state index >= 15 is 0 Å². The number of amides is 1. The van der Waals surface area contributed by atoms with Gasteiger partial charge in [-0.05, 0) is 53.6 Å². The third kappa shape index (κ3) is 5.31. The predicted octanol–water partition coefficient (Wildman–Crippen LogP) is 4.74. The van der Waals surface area contributed by atoms with Crippen molar-refractivity contribution in [1.82, 2.24) is 20.3 Å². The summed E-state index contributed by atoms with van der Waals surface area (Å²) in [6.45, 7) is 0.434. The SMILES string of the molecule is Nc1cnc(NCc2ccc(-c3ccc4ncnc(N)c4c3)s2)c(C(=O)NCc2ccc(F)c(F)c2)c1. The van der Waals surface area contributed by atoms with E-state index in [1.54, 1.807) is 11.3 Å². The number of carbonyl (C=O) groups excluding carboxylic acids is 1. The first-order valence-electron chi connectivity index (χ1n) is 11.2. The second-order valence-corrected chi connectivity index (χ2v) is 9.37. The number of fused-ring (bicyclic) bond motifs is 1. The van der Waals surface area contributed by atoms with Gasteiger partial charge in [0.05, 0.1) is 29.5 Å². The minimum absolute atomic E-state index is 0.0138. The molecule has 6 N–H and O–H groups in total. The van der Waals surface area contributed by atoms with Gasteiger partial charge < -0.3 is 22.1 Å². The first-order valence-corrected chi connectivity index (χ1v) is 12.0. The van der Waals surface area contributed by atoms with Crippen LogP contribution in [0.1, 0.15) is 20.8 Å². The molecule has 0 fully saturated rings. The average Bonchev–Trinajstić information content (AvgIpc) is 3.37. The van der Waals surface area contributed by atoms with Gasteiger partial charge in [-0.15, -0.1) is 11.3 Å². The molecule has 0 saturated heterocycles. The summed E-state index contributed by atoms with van der Waals surface area (Å²) in [5.74, 6) is -1.60. The fourth-order valence-electron chi connectivity index (χ4n) is 3.75. The predicted molar refractivity (Wildman–Crippen MR) is 141 cm³/mol. The van der Waals surface area contributed by atoms with Crippen molar-refractivity contribution in [2.24, 2.45) is 0 Å². The average molecular weight is 518 g/mol. The number of nitrogens with two attached hydrogens (primary N) is 2. The Morgan fingerprint density at radius 3 is 2.62 bits per heavy atom. The molecule has 11 heteroatoms. The number of pyridine rings is 1. The molecule has 0 saturated carbocycles. The summed E-state index contributed by atoms with van der Waals surface area (Å²) < 4.78 is 26.6. The van der Waals surface area contributed by atoms with Crippen molar-refractivity contribution >= 4 is 45.5 Å². The fraction of sp³-hybridized carbons (Fsp3) is 0.0769. The molecule has 3 aromatic heterocycles. The number of rotatable bonds is 7. The molecular weight excluding hydrogens is 496 g/mol. The normalized spacial score (nSPS) is 11.0. The summed E-state index contributed by atoms with van der Waals surface area (Å²) in [7, 11) is 0. The monoisotopic (exact) mass is 517 g/mol. The van der Waals surface area contributed by atoms with E-state index < -0.39 is 17.5 Å². The van der Waals surface area contributed by atoms with Crippen molar-refractivity contribution in [3.05, 3.63) is 94.8 Å². The van der Waals surface area contributed by atoms with E-state index in [4.69, 9.17) is 11.5 Å². The standard InChI is InChI=1S/C26H21F2N7OS/c27-20-4-1-14(7-21(20)28)10-33-26(36)19-9-16(29)11-31-25(19)32-12-17-3-6-23(37-17)15-2-5-22-18(8-15)24(30)35-13-34-22/h1-9,11,13H,10,12,29H2,(H,31,32)(H,33,36)(H2,30,34,35). The van der Waals surface area contributed by atoms with Crippen LogP contribution in [0.4, 0.5) is 26.1 Å². The molecule has 186 valence electrons. The number of thiophene rings is 1. The Morgan fingerprint density at radius 2 is 1.78 bits per heavy atom. The zero-order valence-corrected chi connectivity index (χ0v) is 20.2. The summed E-state index contributed by atoms with van der Waals surface area (Å²) in [6.07, 6.45) is 2.89. The van der Waals surface area contributed by atoms with Crippen molar-refractivity contribution in [2.45, 2.75) is 13.1 Å². The first kappa shape index (κ1) is 24.1. The maximum atomic E-state index is 13.5. The molecule has 0 bridgehead atoms. The molecule has 0 spiro atoms. The Bertz CT molecular complexity index is 1620. The topological polar surface area (TPSA) is 132 Å². The van der Waals surface area contributed by atoms with Crippen LogP contribution in [0.3, 0.4) is 0 Å². The van der Waals surface area contributed by atoms with E-state index in [2.05, 4.69) is 25.6 Å². The molecule has 0 atom stereocenters. The molecular formula is C26H21F2N7OS. The lowest BCUT2D eigenvalue weighted by Crippen LogP contribution is -2.24. The van der Waals surface area contributed by atoms with Crippen molar-refractivity contribution in [2.75, 3.05) is 16.8 Å². The lowest BCUT2D eigenvalue weighted by atomic mass is 10.1. The van der Waals surface area contributed by atoms with Crippen LogP contribution in [0.5, 0.6) is 0 Å². The van der Waals surface area contributed by atoms with Gasteiger partial charge in [-0.3, -0.25) is 4.79 Å². The zero-order valence-electron chi connectivity index (χ0n) is 19.3. The fourth-order valence-corrected chi connectivity index (χ4v) is 4.69. The molecule has 5 aromatic rings. The van der Waals surface area contributed by atoms with Crippen LogP contribution in [0, 0.1) is 11.6 Å². The van der Waals surface area contributed by atoms with E-state index in [0.717, 1.165) is 38.4 Å². The quantitative estimate of drug-likeness (QED) is 0.245. The Kier molecular flexibility index (Phi) is 6.60. The highest BCUT2D eigenvalue weighted by atomic mass is 32.1. The van der Waals surface area contributed by atoms with Crippen LogP contribution >= 0.6 is 11.3 Å². The van der Waals surface area contributed by atoms with Crippen LogP contribution < -0.4 is 22.1 Å². The van der Waals surface area contributed by atoms with Crippen molar-refractivity contribution in [3.63, 3.8) is 0 Å². The minimum Gasteiger partial charge on any atom is -0.397 e. The van der Waals surface area contributed by atoms with Crippen molar-refractivity contribution in [3.8, 4) is 10.4 Å². The van der Waals surface area contributed by atoms with Gasteiger partial charge in [0.25, 0.3) is 5.91 Å². The van der Waals surface area contributed by atoms with Gasteiger partial charge >= 0.3 is 0 Å². The van der Waals surface area contributed by atoms with Crippen LogP contribution in [-0.2, 0) is 13.1 Å². The third-order valence-corrected chi connectivity index (χ3v) is 6.77. The van der Waals surface area contributed by atoms with E-state index in [0.29, 0.717) is 29.4 Å². The van der Waals surface area contributed by atoms with E-state index in [9.17, 15) is 13.6 Å². The van der Waals surface area contributed by atoms with Gasteiger partial charge in [-0.2, -0.15) is 0 Å². The van der Waals surface area contributed by atoms with Gasteiger partial charge in [0.15, 0.2) is 11.6 Å². The van der Waals surface area contributed by atoms with Gasteiger partial charge in [-0.1, -0.05) is 12.1 Å². The maximum absolute atomic E-state index is 13.5. The molecule has 0 aliphatic heterocycles. The highest BCUT2D eigenvalue weighted by Crippen LogP contribution is 2.31. The summed E-state index contributed by atoms with van der Waals surface area (Å²) in [4.78, 5) is 27.5. The highest BCUT2D eigenvalue weighted by molar-refractivity contribution is 7.15. The van der Waals surface area contributed by atoms with Gasteiger partial charge in [-0.25, -0.2) is 23.7 Å². The molecule has 8 nitrogen and oxygen atoms in total. The Hall–Kier alpha value is -4.64. The van der Waals surface area contributed by atoms with Gasteiger partial charge in [0, 0.05) is 21.7 Å². The lowest BCUT2D eigenvalue weighted by Gasteiger charge is -2.12. The Balaban J connectivity index is 1.29. The molecule has 0 unspecified atom stereocenters. The summed E-state index contributed by atoms with van der Waals surface area (Å²) in [6, 6.07) is 14.8. The number of anilines is 3. The van der Waals surface area contributed by atoms with Crippen molar-refractivity contribution < 1.29 is 13.6 Å². The number of benzene rings is 2. The molecule has 0 radical (unpaired) electrons. The summed E-state index contributed by atoms with van der Waals surface area (Å²) in [5, 5.41) is 6.67. The van der Waals surface area contributed by atoms with Crippen molar-refractivity contribution in [1.29, 1.82) is 0 Å². The van der Waals surface area contributed by atoms with Crippen LogP contribution in [0.2, 0.25) is 0 Å². The largest absolute Gasteiger partial charge is 0.397 e. The maximum Gasteiger partial charge on any atom is 0.255 e. The first-order chi connectivity index (χ1) is 17.9. The minimum atomic E-state index is -0.976. The number of nitrogens with zero attached hydrogens (tertiary/aromatic N) is 3. The van der Waals surface area contributed by atoms with Crippen LogP contribution in [0.25, 0.3) is 21.3 Å². The number of halogens is 2. The molecule has 1 amide bonds. The molecule has 2 aromatic carbocycles.